The maximum atomic E-state index is 12.1. The second-order valence-corrected chi connectivity index (χ2v) is 5.80. The van der Waals surface area contributed by atoms with E-state index in [1.165, 1.54) is 5.56 Å². The van der Waals surface area contributed by atoms with Crippen LogP contribution in [0.2, 0.25) is 0 Å². The van der Waals surface area contributed by atoms with Gasteiger partial charge in [-0.2, -0.15) is 0 Å². The van der Waals surface area contributed by atoms with Crippen molar-refractivity contribution in [2.45, 2.75) is 46.1 Å². The zero-order valence-electron chi connectivity index (χ0n) is 12.5. The fraction of sp³-hybridized carbons (Fsp3) is 0.500. The van der Waals surface area contributed by atoms with Gasteiger partial charge in [-0.3, -0.25) is 4.79 Å². The third-order valence-corrected chi connectivity index (χ3v) is 3.50. The molecule has 1 N–H and O–H groups in total. The van der Waals surface area contributed by atoms with Gasteiger partial charge >= 0.3 is 0 Å². The van der Waals surface area contributed by atoms with Crippen molar-refractivity contribution in [2.75, 3.05) is 5.32 Å². The summed E-state index contributed by atoms with van der Waals surface area (Å²) in [6.07, 6.45) is 0.0743. The summed E-state index contributed by atoms with van der Waals surface area (Å²) >= 11 is 0. The van der Waals surface area contributed by atoms with Crippen LogP contribution in [-0.4, -0.2) is 17.7 Å². The van der Waals surface area contributed by atoms with Crippen molar-refractivity contribution in [2.24, 2.45) is 11.1 Å². The molecule has 1 aliphatic heterocycles. The first-order valence-corrected chi connectivity index (χ1v) is 7.10. The molecular weight excluding hydrogens is 252 g/mol. The van der Waals surface area contributed by atoms with Crippen LogP contribution in [-0.2, 0) is 9.63 Å². The van der Waals surface area contributed by atoms with E-state index in [1.54, 1.807) is 0 Å². The maximum absolute atomic E-state index is 12.1. The lowest BCUT2D eigenvalue weighted by Crippen LogP contribution is -2.28. The molecule has 0 aromatic heterocycles. The van der Waals surface area contributed by atoms with Gasteiger partial charge in [-0.15, -0.1) is 0 Å². The Kier molecular flexibility index (Phi) is 4.42. The summed E-state index contributed by atoms with van der Waals surface area (Å²) in [4.78, 5) is 17.3. The molecule has 0 spiro atoms. The molecule has 1 aliphatic rings. The van der Waals surface area contributed by atoms with Gasteiger partial charge < -0.3 is 10.2 Å². The van der Waals surface area contributed by atoms with E-state index in [-0.39, 0.29) is 5.91 Å². The Bertz CT molecular complexity index is 504. The molecule has 1 atom stereocenters. The van der Waals surface area contributed by atoms with Crippen LogP contribution in [0.3, 0.4) is 0 Å². The number of amides is 1. The molecule has 2 rings (SSSR count). The zero-order valence-corrected chi connectivity index (χ0v) is 12.5. The molecule has 0 fully saturated rings. The van der Waals surface area contributed by atoms with Crippen LogP contribution >= 0.6 is 0 Å². The van der Waals surface area contributed by atoms with E-state index < -0.39 is 6.10 Å². The van der Waals surface area contributed by atoms with Gasteiger partial charge in [0.2, 0.25) is 6.10 Å². The van der Waals surface area contributed by atoms with Crippen LogP contribution in [0.1, 0.15) is 45.6 Å². The summed E-state index contributed by atoms with van der Waals surface area (Å²) in [5, 5.41) is 6.84. The van der Waals surface area contributed by atoms with E-state index in [2.05, 4.69) is 24.3 Å². The Balaban J connectivity index is 1.92. The largest absolute Gasteiger partial charge is 0.382 e. The van der Waals surface area contributed by atoms with Crippen molar-refractivity contribution in [3.8, 4) is 0 Å². The quantitative estimate of drug-likeness (QED) is 0.912. The molecule has 0 saturated carbocycles. The van der Waals surface area contributed by atoms with E-state index in [1.807, 2.05) is 38.1 Å². The normalized spacial score (nSPS) is 18.1. The zero-order chi connectivity index (χ0) is 14.7. The van der Waals surface area contributed by atoms with Crippen molar-refractivity contribution in [1.29, 1.82) is 0 Å². The monoisotopic (exact) mass is 274 g/mol. The summed E-state index contributed by atoms with van der Waals surface area (Å²) in [7, 11) is 0. The molecule has 0 bridgehead atoms. The Morgan fingerprint density at radius 2 is 1.85 bits per heavy atom. The number of oxime groups is 1. The van der Waals surface area contributed by atoms with Crippen LogP contribution in [0.5, 0.6) is 0 Å². The first-order valence-electron chi connectivity index (χ1n) is 7.10. The van der Waals surface area contributed by atoms with E-state index >= 15 is 0 Å². The number of hydrogen-bond acceptors (Lipinski definition) is 3. The molecule has 1 aromatic rings. The first kappa shape index (κ1) is 14.6. The molecule has 1 amide bonds. The second-order valence-electron chi connectivity index (χ2n) is 5.80. The van der Waals surface area contributed by atoms with E-state index in [0.29, 0.717) is 18.3 Å². The van der Waals surface area contributed by atoms with Crippen LogP contribution < -0.4 is 5.32 Å². The van der Waals surface area contributed by atoms with Crippen LogP contribution in [0.25, 0.3) is 0 Å². The Morgan fingerprint density at radius 1 is 1.20 bits per heavy atom. The Hall–Kier alpha value is -1.84. The number of carbonyl (C=O) groups excluding carboxylic acids is 1. The van der Waals surface area contributed by atoms with E-state index in [9.17, 15) is 4.79 Å². The summed E-state index contributed by atoms with van der Waals surface area (Å²) in [6.45, 7) is 8.38. The molecule has 0 aliphatic carbocycles. The lowest BCUT2D eigenvalue weighted by Gasteiger charge is -2.11. The molecule has 1 heterocycles. The smallest absolute Gasteiger partial charge is 0.268 e. The topological polar surface area (TPSA) is 50.7 Å². The predicted octanol–water partition coefficient (Wildman–Crippen LogP) is 3.55. The molecule has 1 aromatic carbocycles. The minimum atomic E-state index is -0.503. The molecule has 108 valence electrons. The average molecular weight is 274 g/mol. The van der Waals surface area contributed by atoms with Crippen LogP contribution in [0, 0.1) is 5.92 Å². The van der Waals surface area contributed by atoms with Gasteiger partial charge in [0, 0.05) is 12.1 Å². The highest BCUT2D eigenvalue weighted by atomic mass is 16.6. The van der Waals surface area contributed by atoms with Gasteiger partial charge in [0.25, 0.3) is 5.91 Å². The summed E-state index contributed by atoms with van der Waals surface area (Å²) in [5.41, 5.74) is 2.99. The Labute approximate surface area is 120 Å². The van der Waals surface area contributed by atoms with Crippen molar-refractivity contribution in [3.05, 3.63) is 29.8 Å². The lowest BCUT2D eigenvalue weighted by atomic mass is 10.0. The number of nitrogens with zero attached hydrogens (tertiary/aromatic N) is 1. The molecule has 0 saturated heterocycles. The minimum Gasteiger partial charge on any atom is -0.382 e. The highest BCUT2D eigenvalue weighted by Crippen LogP contribution is 2.20. The predicted molar refractivity (Wildman–Crippen MR) is 80.9 cm³/mol. The molecule has 20 heavy (non-hydrogen) atoms. The minimum absolute atomic E-state index is 0.137. The fourth-order valence-electron chi connectivity index (χ4n) is 2.05. The van der Waals surface area contributed by atoms with Crippen LogP contribution in [0.4, 0.5) is 5.69 Å². The molecule has 0 radical (unpaired) electrons. The summed E-state index contributed by atoms with van der Waals surface area (Å²) < 4.78 is 0. The molecule has 4 heteroatoms. The van der Waals surface area contributed by atoms with Gasteiger partial charge in [-0.1, -0.05) is 45.0 Å². The highest BCUT2D eigenvalue weighted by Gasteiger charge is 2.29. The standard InChI is InChI=1S/C16H22N2O2/c1-10(2)12-5-7-13(8-6-12)17-16(19)15-9-14(11(3)4)18-20-15/h5-8,10-11,15H,9H2,1-4H3,(H,17,19). The van der Waals surface area contributed by atoms with Gasteiger partial charge in [-0.05, 0) is 29.5 Å². The highest BCUT2D eigenvalue weighted by molar-refractivity contribution is 5.99. The number of rotatable bonds is 4. The SMILES string of the molecule is CC(C)C1=NOC(C(=O)Nc2ccc(C(C)C)cc2)C1. The van der Waals surface area contributed by atoms with Crippen LogP contribution in [0.15, 0.2) is 29.4 Å². The molecular formula is C16H22N2O2. The van der Waals surface area contributed by atoms with Gasteiger partial charge in [0.05, 0.1) is 5.71 Å². The number of nitrogens with one attached hydrogen (secondary N) is 1. The number of anilines is 1. The Morgan fingerprint density at radius 3 is 2.35 bits per heavy atom. The summed E-state index contributed by atoms with van der Waals surface area (Å²) in [6, 6.07) is 7.91. The van der Waals surface area contributed by atoms with Crippen molar-refractivity contribution in [3.63, 3.8) is 0 Å². The number of carbonyl (C=O) groups is 1. The molecule has 4 nitrogen and oxygen atoms in total. The third-order valence-electron chi connectivity index (χ3n) is 3.50. The lowest BCUT2D eigenvalue weighted by molar-refractivity contribution is -0.125. The van der Waals surface area contributed by atoms with Crippen molar-refractivity contribution >= 4 is 17.3 Å². The number of benzene rings is 1. The van der Waals surface area contributed by atoms with E-state index in [0.717, 1.165) is 11.4 Å². The molecule has 1 unspecified atom stereocenters. The van der Waals surface area contributed by atoms with Crippen molar-refractivity contribution in [1.82, 2.24) is 0 Å². The first-order chi connectivity index (χ1) is 9.47. The van der Waals surface area contributed by atoms with Gasteiger partial charge in [0.15, 0.2) is 0 Å². The fourth-order valence-corrected chi connectivity index (χ4v) is 2.05. The summed E-state index contributed by atoms with van der Waals surface area (Å²) in [5.74, 6) is 0.666. The van der Waals surface area contributed by atoms with Gasteiger partial charge in [-0.25, -0.2) is 0 Å². The van der Waals surface area contributed by atoms with Gasteiger partial charge in [0.1, 0.15) is 0 Å². The van der Waals surface area contributed by atoms with Crippen molar-refractivity contribution < 1.29 is 9.63 Å². The third kappa shape index (κ3) is 3.38. The average Bonchev–Trinajstić information content (AvgIpc) is 2.89. The number of hydrogen-bond donors (Lipinski definition) is 1. The maximum Gasteiger partial charge on any atom is 0.268 e. The van der Waals surface area contributed by atoms with E-state index in [4.69, 9.17) is 4.84 Å². The second kappa shape index (κ2) is 6.07.